The average Bonchev–Trinajstić information content (AvgIpc) is 3.59. The summed E-state index contributed by atoms with van der Waals surface area (Å²) in [6, 6.07) is 46.8. The number of benzene rings is 6. The molecule has 0 amide bonds. The maximum Gasteiger partial charge on any atom is 0.227 e. The van der Waals surface area contributed by atoms with Crippen LogP contribution < -0.4 is 4.90 Å². The van der Waals surface area contributed by atoms with Gasteiger partial charge in [0.15, 0.2) is 5.58 Å². The van der Waals surface area contributed by atoms with E-state index in [-0.39, 0.29) is 0 Å². The highest BCUT2D eigenvalue weighted by atomic mass is 16.3. The van der Waals surface area contributed by atoms with Gasteiger partial charge in [0, 0.05) is 22.5 Å². The van der Waals surface area contributed by atoms with Crippen LogP contribution in [-0.4, -0.2) is 4.98 Å². The van der Waals surface area contributed by atoms with Gasteiger partial charge in [0.2, 0.25) is 5.89 Å². The smallest absolute Gasteiger partial charge is 0.227 e. The zero-order valence-corrected chi connectivity index (χ0v) is 21.2. The first-order valence-electron chi connectivity index (χ1n) is 13.3. The van der Waals surface area contributed by atoms with Gasteiger partial charge in [-0.2, -0.15) is 0 Å². The largest absolute Gasteiger partial charge is 0.434 e. The Morgan fingerprint density at radius 3 is 2.15 bits per heavy atom. The minimum Gasteiger partial charge on any atom is -0.434 e. The van der Waals surface area contributed by atoms with Gasteiger partial charge in [-0.15, -0.1) is 0 Å². The van der Waals surface area contributed by atoms with Gasteiger partial charge in [0.25, 0.3) is 0 Å². The van der Waals surface area contributed by atoms with E-state index in [1.54, 1.807) is 0 Å². The number of fused-ring (bicyclic) bond motifs is 5. The molecule has 3 nitrogen and oxygen atoms in total. The first kappa shape index (κ1) is 21.9. The molecule has 1 aliphatic carbocycles. The highest BCUT2D eigenvalue weighted by Gasteiger charge is 2.30. The molecule has 0 unspecified atom stereocenters. The van der Waals surface area contributed by atoms with Crippen molar-refractivity contribution in [3.8, 4) is 22.6 Å². The Bertz CT molecular complexity index is 1990. The monoisotopic (exact) mass is 500 g/mol. The Kier molecular flexibility index (Phi) is 4.89. The molecule has 8 rings (SSSR count). The number of para-hydroxylation sites is 1. The van der Waals surface area contributed by atoms with Crippen LogP contribution in [0.1, 0.15) is 11.1 Å². The van der Waals surface area contributed by atoms with Crippen molar-refractivity contribution < 1.29 is 4.42 Å². The summed E-state index contributed by atoms with van der Waals surface area (Å²) in [7, 11) is 0. The third-order valence-corrected chi connectivity index (χ3v) is 7.65. The van der Waals surface area contributed by atoms with E-state index in [1.807, 2.05) is 30.3 Å². The van der Waals surface area contributed by atoms with Crippen molar-refractivity contribution in [3.05, 3.63) is 145 Å². The van der Waals surface area contributed by atoms with E-state index in [0.717, 1.165) is 40.1 Å². The van der Waals surface area contributed by atoms with Crippen molar-refractivity contribution in [2.45, 2.75) is 6.42 Å². The first-order chi connectivity index (χ1) is 19.3. The SMILES string of the molecule is c1ccc(-c2nc3cc4c(c(N(c5ccccc5)c5ccc6ccccc6c5)c3o2)-c2ccccc2C4)cc1. The molecule has 0 N–H and O–H groups in total. The fraction of sp³-hybridized carbons (Fsp3) is 0.0278. The summed E-state index contributed by atoms with van der Waals surface area (Å²) in [6.45, 7) is 0. The van der Waals surface area contributed by atoms with Crippen molar-refractivity contribution in [2.75, 3.05) is 4.90 Å². The number of rotatable bonds is 4. The summed E-state index contributed by atoms with van der Waals surface area (Å²) in [4.78, 5) is 7.35. The van der Waals surface area contributed by atoms with Crippen LogP contribution in [0, 0.1) is 0 Å². The molecule has 1 aliphatic rings. The third kappa shape index (κ3) is 3.55. The standard InChI is InChI=1S/C36H24N2O/c1-3-12-25(13-4-1)36-37-32-23-28-21-27-15-9-10-18-31(27)33(28)34(35(32)39-36)38(29-16-5-2-6-17-29)30-20-19-24-11-7-8-14-26(24)22-30/h1-20,22-23H,21H2. The highest BCUT2D eigenvalue weighted by Crippen LogP contribution is 2.51. The average molecular weight is 501 g/mol. The van der Waals surface area contributed by atoms with Crippen LogP contribution in [0.4, 0.5) is 17.1 Å². The van der Waals surface area contributed by atoms with Crippen LogP contribution in [0.5, 0.6) is 0 Å². The van der Waals surface area contributed by atoms with E-state index in [1.165, 1.54) is 33.0 Å². The molecule has 0 saturated carbocycles. The molecule has 0 radical (unpaired) electrons. The van der Waals surface area contributed by atoms with E-state index in [0.29, 0.717) is 5.89 Å². The molecular weight excluding hydrogens is 476 g/mol. The van der Waals surface area contributed by atoms with E-state index in [9.17, 15) is 0 Å². The second-order valence-corrected chi connectivity index (χ2v) is 10.0. The Hall–Kier alpha value is -5.15. The molecule has 7 aromatic rings. The summed E-state index contributed by atoms with van der Waals surface area (Å²) in [6.07, 6.45) is 0.877. The van der Waals surface area contributed by atoms with Gasteiger partial charge in [-0.05, 0) is 76.3 Å². The molecule has 0 atom stereocenters. The Morgan fingerprint density at radius 1 is 0.590 bits per heavy atom. The predicted molar refractivity (Wildman–Crippen MR) is 160 cm³/mol. The zero-order chi connectivity index (χ0) is 25.8. The van der Waals surface area contributed by atoms with Gasteiger partial charge in [-0.1, -0.05) is 91.0 Å². The maximum absolute atomic E-state index is 6.68. The van der Waals surface area contributed by atoms with E-state index < -0.39 is 0 Å². The molecule has 0 spiro atoms. The van der Waals surface area contributed by atoms with Gasteiger partial charge in [0.05, 0.1) is 5.69 Å². The summed E-state index contributed by atoms with van der Waals surface area (Å²) in [5.74, 6) is 0.635. The lowest BCUT2D eigenvalue weighted by Crippen LogP contribution is -2.12. The summed E-state index contributed by atoms with van der Waals surface area (Å²) >= 11 is 0. The Labute approximate surface area is 226 Å². The van der Waals surface area contributed by atoms with Crippen molar-refractivity contribution in [1.82, 2.24) is 4.98 Å². The Morgan fingerprint density at radius 2 is 1.31 bits per heavy atom. The minimum absolute atomic E-state index is 0.635. The molecule has 184 valence electrons. The third-order valence-electron chi connectivity index (χ3n) is 7.65. The van der Waals surface area contributed by atoms with Crippen LogP contribution >= 0.6 is 0 Å². The lowest BCUT2D eigenvalue weighted by molar-refractivity contribution is 0.620. The number of hydrogen-bond donors (Lipinski definition) is 0. The molecule has 0 aliphatic heterocycles. The zero-order valence-electron chi connectivity index (χ0n) is 21.2. The number of nitrogens with zero attached hydrogens (tertiary/aromatic N) is 2. The molecular formula is C36H24N2O. The molecule has 0 fully saturated rings. The lowest BCUT2D eigenvalue weighted by Gasteiger charge is -2.28. The molecule has 39 heavy (non-hydrogen) atoms. The first-order valence-corrected chi connectivity index (χ1v) is 13.3. The maximum atomic E-state index is 6.68. The highest BCUT2D eigenvalue weighted by molar-refractivity contribution is 6.06. The topological polar surface area (TPSA) is 29.3 Å². The fourth-order valence-corrected chi connectivity index (χ4v) is 5.88. The number of oxazole rings is 1. The summed E-state index contributed by atoms with van der Waals surface area (Å²) < 4.78 is 6.68. The Balaban J connectivity index is 1.47. The fourth-order valence-electron chi connectivity index (χ4n) is 5.88. The predicted octanol–water partition coefficient (Wildman–Crippen LogP) is 9.69. The van der Waals surface area contributed by atoms with Crippen LogP contribution in [0.3, 0.4) is 0 Å². The van der Waals surface area contributed by atoms with Crippen molar-refractivity contribution >= 4 is 38.9 Å². The quantitative estimate of drug-likeness (QED) is 0.241. The van der Waals surface area contributed by atoms with Gasteiger partial charge >= 0.3 is 0 Å². The molecule has 1 aromatic heterocycles. The number of hydrogen-bond acceptors (Lipinski definition) is 3. The van der Waals surface area contributed by atoms with E-state index in [2.05, 4.69) is 108 Å². The van der Waals surface area contributed by atoms with Crippen molar-refractivity contribution in [2.24, 2.45) is 0 Å². The van der Waals surface area contributed by atoms with Gasteiger partial charge in [0.1, 0.15) is 5.52 Å². The second-order valence-electron chi connectivity index (χ2n) is 10.0. The summed E-state index contributed by atoms with van der Waals surface area (Å²) in [5, 5.41) is 2.41. The van der Waals surface area contributed by atoms with Crippen molar-refractivity contribution in [1.29, 1.82) is 0 Å². The molecule has 1 heterocycles. The molecule has 6 aromatic carbocycles. The van der Waals surface area contributed by atoms with Gasteiger partial charge < -0.3 is 9.32 Å². The number of anilines is 3. The molecule has 0 bridgehead atoms. The summed E-state index contributed by atoms with van der Waals surface area (Å²) in [5.41, 5.74) is 10.9. The van der Waals surface area contributed by atoms with Crippen LogP contribution in [0.15, 0.2) is 138 Å². The number of aromatic nitrogens is 1. The van der Waals surface area contributed by atoms with Gasteiger partial charge in [-0.3, -0.25) is 0 Å². The van der Waals surface area contributed by atoms with E-state index in [4.69, 9.17) is 9.40 Å². The normalized spacial score (nSPS) is 12.0. The van der Waals surface area contributed by atoms with Gasteiger partial charge in [-0.25, -0.2) is 4.98 Å². The van der Waals surface area contributed by atoms with Crippen LogP contribution in [0.2, 0.25) is 0 Å². The molecule has 0 saturated heterocycles. The van der Waals surface area contributed by atoms with Crippen LogP contribution in [-0.2, 0) is 6.42 Å². The minimum atomic E-state index is 0.635. The van der Waals surface area contributed by atoms with Crippen LogP contribution in [0.25, 0.3) is 44.5 Å². The molecule has 3 heteroatoms. The van der Waals surface area contributed by atoms with Crippen molar-refractivity contribution in [3.63, 3.8) is 0 Å². The lowest BCUT2D eigenvalue weighted by atomic mass is 10.00. The van der Waals surface area contributed by atoms with E-state index >= 15 is 0 Å². The second kappa shape index (κ2) is 8.71.